The molecule has 0 atom stereocenters. The summed E-state index contributed by atoms with van der Waals surface area (Å²) in [6, 6.07) is 8.78. The molecule has 2 amide bonds. The lowest BCUT2D eigenvalue weighted by atomic mass is 10.1. The summed E-state index contributed by atoms with van der Waals surface area (Å²) >= 11 is 3.05. The van der Waals surface area contributed by atoms with Gasteiger partial charge >= 0.3 is 0 Å². The van der Waals surface area contributed by atoms with Crippen molar-refractivity contribution in [3.05, 3.63) is 58.0 Å². The molecule has 0 aliphatic heterocycles. The Hall–Kier alpha value is -2.65. The van der Waals surface area contributed by atoms with Crippen LogP contribution >= 0.6 is 23.1 Å². The first-order valence-electron chi connectivity index (χ1n) is 10.2. The Bertz CT molecular complexity index is 1010. The Labute approximate surface area is 190 Å². The van der Waals surface area contributed by atoms with Gasteiger partial charge < -0.3 is 15.2 Å². The lowest BCUT2D eigenvalue weighted by Crippen LogP contribution is -2.26. The molecule has 9 heteroatoms. The van der Waals surface area contributed by atoms with Crippen LogP contribution in [0.3, 0.4) is 0 Å². The number of hydrogen-bond acceptors (Lipinski definition) is 6. The molecule has 0 unspecified atom stereocenters. The molecule has 0 bridgehead atoms. The van der Waals surface area contributed by atoms with Crippen molar-refractivity contribution in [2.75, 3.05) is 18.1 Å². The lowest BCUT2D eigenvalue weighted by molar-refractivity contribution is 0.0954. The summed E-state index contributed by atoms with van der Waals surface area (Å²) < 4.78 is 2.16. The number of benzene rings is 1. The highest BCUT2D eigenvalue weighted by atomic mass is 32.2. The molecule has 2 heterocycles. The normalized spacial score (nSPS) is 11.0. The molecule has 0 saturated carbocycles. The van der Waals surface area contributed by atoms with Gasteiger partial charge in [0.1, 0.15) is 5.82 Å². The second kappa shape index (κ2) is 11.1. The van der Waals surface area contributed by atoms with Crippen molar-refractivity contribution in [1.82, 2.24) is 20.1 Å². The molecule has 3 aromatic rings. The fraction of sp³-hybridized carbons (Fsp3) is 0.364. The minimum atomic E-state index is -0.226. The van der Waals surface area contributed by atoms with Crippen molar-refractivity contribution in [2.24, 2.45) is 5.92 Å². The third kappa shape index (κ3) is 6.18. The first-order chi connectivity index (χ1) is 15.0. The summed E-state index contributed by atoms with van der Waals surface area (Å²) in [6.45, 7) is 5.72. The summed E-state index contributed by atoms with van der Waals surface area (Å²) in [6.07, 6.45) is 3.48. The number of amides is 2. The largest absolute Gasteiger partial charge is 0.352 e. The summed E-state index contributed by atoms with van der Waals surface area (Å²) in [5.74, 6) is 1.00. The van der Waals surface area contributed by atoms with Gasteiger partial charge in [0.05, 0.1) is 16.8 Å². The summed E-state index contributed by atoms with van der Waals surface area (Å²) in [5.41, 5.74) is 1.52. The third-order valence-electron chi connectivity index (χ3n) is 4.59. The van der Waals surface area contributed by atoms with Crippen LogP contribution in [0.1, 0.15) is 46.8 Å². The second-order valence-corrected chi connectivity index (χ2v) is 9.03. The van der Waals surface area contributed by atoms with Crippen LogP contribution in [0.25, 0.3) is 0 Å². The SMILES string of the molecule is CSc1nnc(CCCNC(=O)c2ccccc2NC(=O)c2ccsc2)n1CC(C)C. The molecule has 7 nitrogen and oxygen atoms in total. The van der Waals surface area contributed by atoms with Gasteiger partial charge in [-0.3, -0.25) is 9.59 Å². The number of carbonyl (C=O) groups excluding carboxylic acids is 2. The predicted molar refractivity (Wildman–Crippen MR) is 126 cm³/mol. The number of nitrogens with zero attached hydrogens (tertiary/aromatic N) is 3. The number of aryl methyl sites for hydroxylation is 1. The maximum Gasteiger partial charge on any atom is 0.256 e. The van der Waals surface area contributed by atoms with Gasteiger partial charge in [0, 0.05) is 24.9 Å². The van der Waals surface area contributed by atoms with Gasteiger partial charge in [-0.15, -0.1) is 10.2 Å². The molecular weight excluding hydrogens is 430 g/mol. The van der Waals surface area contributed by atoms with E-state index in [0.29, 0.717) is 29.3 Å². The minimum Gasteiger partial charge on any atom is -0.352 e. The first kappa shape index (κ1) is 23.0. The standard InChI is InChI=1S/C22H27N5O2S2/c1-15(2)13-27-19(25-26-22(27)30-3)9-6-11-23-21(29)17-7-4-5-8-18(17)24-20(28)16-10-12-31-14-16/h4-5,7-8,10,12,14-15H,6,9,11,13H2,1-3H3,(H,23,29)(H,24,28). The Balaban J connectivity index is 1.56. The van der Waals surface area contributed by atoms with Gasteiger partial charge in [0.25, 0.3) is 11.8 Å². The number of nitrogens with one attached hydrogen (secondary N) is 2. The van der Waals surface area contributed by atoms with Crippen LogP contribution in [0, 0.1) is 5.92 Å². The van der Waals surface area contributed by atoms with E-state index in [0.717, 1.165) is 30.4 Å². The zero-order chi connectivity index (χ0) is 22.2. The van der Waals surface area contributed by atoms with E-state index in [-0.39, 0.29) is 11.8 Å². The van der Waals surface area contributed by atoms with Crippen LogP contribution in [0.4, 0.5) is 5.69 Å². The molecule has 2 aromatic heterocycles. The number of carbonyl (C=O) groups is 2. The highest BCUT2D eigenvalue weighted by molar-refractivity contribution is 7.98. The van der Waals surface area contributed by atoms with Gasteiger partial charge in [-0.05, 0) is 42.2 Å². The van der Waals surface area contributed by atoms with E-state index in [9.17, 15) is 9.59 Å². The Morgan fingerprint density at radius 3 is 2.68 bits per heavy atom. The smallest absolute Gasteiger partial charge is 0.256 e. The van der Waals surface area contributed by atoms with Crippen LogP contribution in [0.2, 0.25) is 0 Å². The maximum atomic E-state index is 12.7. The zero-order valence-corrected chi connectivity index (χ0v) is 19.6. The molecular formula is C22H27N5O2S2. The molecule has 0 saturated heterocycles. The number of anilines is 1. The average molecular weight is 458 g/mol. The number of rotatable bonds is 10. The summed E-state index contributed by atoms with van der Waals surface area (Å²) in [4.78, 5) is 25.1. The van der Waals surface area contributed by atoms with E-state index >= 15 is 0 Å². The topological polar surface area (TPSA) is 88.9 Å². The van der Waals surface area contributed by atoms with Crippen LogP contribution in [-0.2, 0) is 13.0 Å². The molecule has 2 N–H and O–H groups in total. The summed E-state index contributed by atoms with van der Waals surface area (Å²) in [5, 5.41) is 18.9. The molecule has 0 aliphatic rings. The van der Waals surface area contributed by atoms with Gasteiger partial charge in [0.15, 0.2) is 5.16 Å². The van der Waals surface area contributed by atoms with Gasteiger partial charge in [0.2, 0.25) is 0 Å². The van der Waals surface area contributed by atoms with E-state index in [4.69, 9.17) is 0 Å². The maximum absolute atomic E-state index is 12.7. The fourth-order valence-corrected chi connectivity index (χ4v) is 4.28. The zero-order valence-electron chi connectivity index (χ0n) is 17.9. The lowest BCUT2D eigenvalue weighted by Gasteiger charge is -2.12. The van der Waals surface area contributed by atoms with Crippen LogP contribution < -0.4 is 10.6 Å². The van der Waals surface area contributed by atoms with E-state index in [1.165, 1.54) is 11.3 Å². The van der Waals surface area contributed by atoms with E-state index in [1.807, 2.05) is 11.6 Å². The molecule has 31 heavy (non-hydrogen) atoms. The highest BCUT2D eigenvalue weighted by Crippen LogP contribution is 2.18. The van der Waals surface area contributed by atoms with E-state index in [1.54, 1.807) is 47.5 Å². The van der Waals surface area contributed by atoms with E-state index < -0.39 is 0 Å². The molecule has 1 aromatic carbocycles. The van der Waals surface area contributed by atoms with Crippen molar-refractivity contribution in [2.45, 2.75) is 38.4 Å². The minimum absolute atomic E-state index is 0.213. The number of thiophene rings is 1. The number of thioether (sulfide) groups is 1. The third-order valence-corrected chi connectivity index (χ3v) is 5.94. The van der Waals surface area contributed by atoms with E-state index in [2.05, 4.69) is 39.2 Å². The van der Waals surface area contributed by atoms with Crippen LogP contribution in [0.15, 0.2) is 46.2 Å². The Morgan fingerprint density at radius 1 is 1.16 bits per heavy atom. The van der Waals surface area contributed by atoms with Crippen molar-refractivity contribution in [3.63, 3.8) is 0 Å². The monoisotopic (exact) mass is 457 g/mol. The molecule has 0 aliphatic carbocycles. The van der Waals surface area contributed by atoms with Gasteiger partial charge in [-0.25, -0.2) is 0 Å². The van der Waals surface area contributed by atoms with Gasteiger partial charge in [-0.2, -0.15) is 11.3 Å². The Morgan fingerprint density at radius 2 is 1.97 bits per heavy atom. The molecule has 164 valence electrons. The van der Waals surface area contributed by atoms with Gasteiger partial charge in [-0.1, -0.05) is 37.7 Å². The fourth-order valence-electron chi connectivity index (χ4n) is 3.13. The molecule has 3 rings (SSSR count). The van der Waals surface area contributed by atoms with Crippen molar-refractivity contribution in [1.29, 1.82) is 0 Å². The molecule has 0 fully saturated rings. The molecule has 0 spiro atoms. The number of para-hydroxylation sites is 1. The van der Waals surface area contributed by atoms with Crippen molar-refractivity contribution >= 4 is 40.6 Å². The van der Waals surface area contributed by atoms with Crippen LogP contribution in [0.5, 0.6) is 0 Å². The number of hydrogen-bond donors (Lipinski definition) is 2. The molecule has 0 radical (unpaired) electrons. The average Bonchev–Trinajstić information content (AvgIpc) is 3.41. The second-order valence-electron chi connectivity index (χ2n) is 7.48. The van der Waals surface area contributed by atoms with Crippen LogP contribution in [-0.4, -0.2) is 39.4 Å². The van der Waals surface area contributed by atoms with Crippen molar-refractivity contribution < 1.29 is 9.59 Å². The predicted octanol–water partition coefficient (Wildman–Crippen LogP) is 4.33. The first-order valence-corrected chi connectivity index (χ1v) is 12.3. The summed E-state index contributed by atoms with van der Waals surface area (Å²) in [7, 11) is 0. The quantitative estimate of drug-likeness (QED) is 0.349. The van der Waals surface area contributed by atoms with Crippen molar-refractivity contribution in [3.8, 4) is 0 Å². The Kier molecular flexibility index (Phi) is 8.25. The highest BCUT2D eigenvalue weighted by Gasteiger charge is 2.15. The number of aromatic nitrogens is 3.